The van der Waals surface area contributed by atoms with Gasteiger partial charge in [0.15, 0.2) is 6.04 Å². The van der Waals surface area contributed by atoms with Gasteiger partial charge in [0.1, 0.15) is 0 Å². The highest BCUT2D eigenvalue weighted by Crippen LogP contribution is 2.16. The first kappa shape index (κ1) is 24.7. The van der Waals surface area contributed by atoms with Crippen LogP contribution in [0.3, 0.4) is 0 Å². The van der Waals surface area contributed by atoms with Crippen molar-refractivity contribution in [2.45, 2.75) is 42.9 Å². The van der Waals surface area contributed by atoms with E-state index < -0.39 is 42.7 Å². The summed E-state index contributed by atoms with van der Waals surface area (Å²) in [5.74, 6) is 4.21. The molecule has 0 aromatic heterocycles. The average molecular weight is 446 g/mol. The van der Waals surface area contributed by atoms with Crippen LogP contribution in [0.4, 0.5) is 5.69 Å². The normalized spacial score (nSPS) is 13.7. The number of benzene rings is 1. The summed E-state index contributed by atoms with van der Waals surface area (Å²) in [6.45, 7) is 5.70. The number of esters is 1. The van der Waals surface area contributed by atoms with Crippen molar-refractivity contribution in [3.63, 3.8) is 0 Å². The summed E-state index contributed by atoms with van der Waals surface area (Å²) < 4.78 is 45.7. The number of rotatable bonds is 8. The molecule has 0 aliphatic carbocycles. The largest absolute Gasteiger partial charge is 0.467 e. The van der Waals surface area contributed by atoms with Crippen LogP contribution in [-0.4, -0.2) is 48.0 Å². The van der Waals surface area contributed by atoms with Gasteiger partial charge in [-0.25, -0.2) is 22.1 Å². The second kappa shape index (κ2) is 10.4. The van der Waals surface area contributed by atoms with Crippen LogP contribution >= 0.6 is 0 Å². The first-order valence-corrected chi connectivity index (χ1v) is 11.0. The first-order valence-electron chi connectivity index (χ1n) is 8.37. The van der Waals surface area contributed by atoms with Gasteiger partial charge in [0.2, 0.25) is 10.0 Å². The summed E-state index contributed by atoms with van der Waals surface area (Å²) in [6.07, 6.45) is 0.217. The van der Waals surface area contributed by atoms with Crippen molar-refractivity contribution >= 4 is 32.7 Å². The van der Waals surface area contributed by atoms with Gasteiger partial charge < -0.3 is 4.74 Å². The third kappa shape index (κ3) is 7.90. The average Bonchev–Trinajstić information content (AvgIpc) is 2.65. The monoisotopic (exact) mass is 445 g/mol. The molecule has 2 atom stereocenters. The number of sulfonamides is 1. The quantitative estimate of drug-likeness (QED) is 0.198. The molecule has 1 aromatic rings. The number of nitrogens with zero attached hydrogens (tertiary/aromatic N) is 1. The standard InChI is InChI=1S/C17H23N3O7S2/c1-17(2,3)28(24)18-12-6-5-7-15(16(21)27-4)19-29(25,26)14-10-8-13(9-11-14)20(22)23/h8-11,15,18-19H,6,12H2,1-4H3/t15-,28?/m0/s1. The molecular weight excluding hydrogens is 422 g/mol. The summed E-state index contributed by atoms with van der Waals surface area (Å²) in [5.41, 5.74) is -0.270. The van der Waals surface area contributed by atoms with E-state index in [1.165, 1.54) is 0 Å². The molecule has 0 fully saturated rings. The molecule has 0 saturated carbocycles. The highest BCUT2D eigenvalue weighted by Gasteiger charge is 2.25. The molecule has 0 aliphatic rings. The molecule has 2 N–H and O–H groups in total. The molecule has 0 aliphatic heterocycles. The van der Waals surface area contributed by atoms with Gasteiger partial charge in [0, 0.05) is 25.1 Å². The Bertz CT molecular complexity index is 927. The lowest BCUT2D eigenvalue weighted by atomic mass is 10.3. The predicted molar refractivity (Wildman–Crippen MR) is 108 cm³/mol. The molecule has 0 heterocycles. The minimum absolute atomic E-state index is 0.217. The SMILES string of the molecule is COC(=O)[C@H](C#CCCNS(=O)C(C)(C)C)NS(=O)(=O)c1ccc([N+](=O)[O-])cc1. The molecule has 0 amide bonds. The van der Waals surface area contributed by atoms with Crippen LogP contribution in [0.15, 0.2) is 29.2 Å². The smallest absolute Gasteiger partial charge is 0.336 e. The Hall–Kier alpha value is -2.33. The number of hydrogen-bond acceptors (Lipinski definition) is 7. The first-order chi connectivity index (χ1) is 13.4. The van der Waals surface area contributed by atoms with Gasteiger partial charge in [-0.15, -0.1) is 0 Å². The predicted octanol–water partition coefficient (Wildman–Crippen LogP) is 0.860. The van der Waals surface area contributed by atoms with Gasteiger partial charge in [-0.1, -0.05) is 11.8 Å². The van der Waals surface area contributed by atoms with Crippen LogP contribution in [0.1, 0.15) is 27.2 Å². The molecule has 10 nitrogen and oxygen atoms in total. The van der Waals surface area contributed by atoms with E-state index in [0.717, 1.165) is 31.4 Å². The Labute approximate surface area is 172 Å². The molecule has 0 saturated heterocycles. The Morgan fingerprint density at radius 1 is 1.31 bits per heavy atom. The summed E-state index contributed by atoms with van der Waals surface area (Å²) in [4.78, 5) is 21.6. The van der Waals surface area contributed by atoms with E-state index in [0.29, 0.717) is 0 Å². The van der Waals surface area contributed by atoms with E-state index in [2.05, 4.69) is 26.0 Å². The maximum absolute atomic E-state index is 12.4. The van der Waals surface area contributed by atoms with Crippen molar-refractivity contribution in [2.75, 3.05) is 13.7 Å². The van der Waals surface area contributed by atoms with E-state index in [1.807, 2.05) is 20.8 Å². The van der Waals surface area contributed by atoms with Crippen molar-refractivity contribution in [2.24, 2.45) is 0 Å². The fourth-order valence-electron chi connectivity index (χ4n) is 1.82. The fourth-order valence-corrected chi connectivity index (χ4v) is 3.64. The van der Waals surface area contributed by atoms with Crippen molar-refractivity contribution in [1.29, 1.82) is 0 Å². The molecule has 29 heavy (non-hydrogen) atoms. The number of carbonyl (C=O) groups is 1. The zero-order chi connectivity index (χ0) is 22.2. The summed E-state index contributed by atoms with van der Waals surface area (Å²) >= 11 is 0. The van der Waals surface area contributed by atoms with E-state index in [9.17, 15) is 27.5 Å². The van der Waals surface area contributed by atoms with Crippen LogP contribution in [0, 0.1) is 22.0 Å². The maximum Gasteiger partial charge on any atom is 0.336 e. The van der Waals surface area contributed by atoms with Gasteiger partial charge in [0.05, 0.1) is 32.7 Å². The second-order valence-electron chi connectivity index (χ2n) is 6.68. The molecule has 0 spiro atoms. The molecular formula is C17H23N3O7S2. The van der Waals surface area contributed by atoms with E-state index >= 15 is 0 Å². The Kier molecular flexibility index (Phi) is 8.90. The third-order valence-corrected chi connectivity index (χ3v) is 6.37. The van der Waals surface area contributed by atoms with E-state index in [1.54, 1.807) is 0 Å². The molecule has 0 bridgehead atoms. The van der Waals surface area contributed by atoms with Crippen LogP contribution in [0.25, 0.3) is 0 Å². The topological polar surface area (TPSA) is 145 Å². The van der Waals surface area contributed by atoms with Crippen molar-refractivity contribution < 1.29 is 27.1 Å². The molecule has 1 rings (SSSR count). The number of nitrogens with one attached hydrogen (secondary N) is 2. The van der Waals surface area contributed by atoms with E-state index in [4.69, 9.17) is 0 Å². The summed E-state index contributed by atoms with van der Waals surface area (Å²) in [7, 11) is -4.36. The highest BCUT2D eigenvalue weighted by atomic mass is 32.2. The van der Waals surface area contributed by atoms with E-state index in [-0.39, 0.29) is 23.5 Å². The minimum atomic E-state index is -4.17. The van der Waals surface area contributed by atoms with Gasteiger partial charge in [0.25, 0.3) is 5.69 Å². The highest BCUT2D eigenvalue weighted by molar-refractivity contribution is 7.89. The lowest BCUT2D eigenvalue weighted by molar-refractivity contribution is -0.384. The van der Waals surface area contributed by atoms with Crippen LogP contribution in [0.5, 0.6) is 0 Å². The summed E-state index contributed by atoms with van der Waals surface area (Å²) in [6, 6.07) is 2.71. The lowest BCUT2D eigenvalue weighted by Gasteiger charge is -2.17. The lowest BCUT2D eigenvalue weighted by Crippen LogP contribution is -2.40. The molecule has 1 unspecified atom stereocenters. The number of methoxy groups -OCH3 is 1. The van der Waals surface area contributed by atoms with Gasteiger partial charge in [-0.2, -0.15) is 4.72 Å². The number of hydrogen-bond donors (Lipinski definition) is 2. The van der Waals surface area contributed by atoms with Crippen LogP contribution in [0.2, 0.25) is 0 Å². The zero-order valence-corrected chi connectivity index (χ0v) is 18.1. The van der Waals surface area contributed by atoms with Gasteiger partial charge in [-0.05, 0) is 32.9 Å². The Morgan fingerprint density at radius 2 is 1.90 bits per heavy atom. The van der Waals surface area contributed by atoms with Gasteiger partial charge >= 0.3 is 5.97 Å². The van der Waals surface area contributed by atoms with Crippen molar-refractivity contribution in [3.05, 3.63) is 34.4 Å². The van der Waals surface area contributed by atoms with Crippen LogP contribution < -0.4 is 9.44 Å². The minimum Gasteiger partial charge on any atom is -0.467 e. The van der Waals surface area contributed by atoms with Crippen LogP contribution in [-0.2, 0) is 30.5 Å². The molecule has 1 aromatic carbocycles. The van der Waals surface area contributed by atoms with Crippen molar-refractivity contribution in [1.82, 2.24) is 9.44 Å². The number of ether oxygens (including phenoxy) is 1. The number of nitro groups is 1. The third-order valence-electron chi connectivity index (χ3n) is 3.35. The fraction of sp³-hybridized carbons (Fsp3) is 0.471. The summed E-state index contributed by atoms with van der Waals surface area (Å²) in [5, 5.41) is 10.7. The maximum atomic E-state index is 12.4. The second-order valence-corrected chi connectivity index (χ2v) is 10.4. The Morgan fingerprint density at radius 3 is 2.38 bits per heavy atom. The number of carbonyl (C=O) groups excluding carboxylic acids is 1. The molecule has 12 heteroatoms. The molecule has 160 valence electrons. The molecule has 0 radical (unpaired) electrons. The number of non-ortho nitro benzene ring substituents is 1. The van der Waals surface area contributed by atoms with Gasteiger partial charge in [-0.3, -0.25) is 10.1 Å². The van der Waals surface area contributed by atoms with Crippen molar-refractivity contribution in [3.8, 4) is 11.8 Å². The Balaban J connectivity index is 2.85. The number of nitro benzene ring substituents is 1. The zero-order valence-electron chi connectivity index (χ0n) is 16.4.